The van der Waals surface area contributed by atoms with Gasteiger partial charge in [0, 0.05) is 20.8 Å². The molecule has 3 heterocycles. The van der Waals surface area contributed by atoms with E-state index in [0.29, 0.717) is 0 Å². The van der Waals surface area contributed by atoms with Gasteiger partial charge in [0.15, 0.2) is 29.5 Å². The summed E-state index contributed by atoms with van der Waals surface area (Å²) < 4.78 is 22.3. The molecule has 30 heavy (non-hydrogen) atoms. The summed E-state index contributed by atoms with van der Waals surface area (Å²) in [4.78, 5) is 65.0. The third-order valence-electron chi connectivity index (χ3n) is 4.19. The van der Waals surface area contributed by atoms with Crippen molar-refractivity contribution in [2.75, 3.05) is 12.3 Å². The molecular formula is C16H19N5O9. The number of nitrogens with zero attached hydrogens (tertiary/aromatic N) is 2. The molecule has 14 heteroatoms. The van der Waals surface area contributed by atoms with Gasteiger partial charge in [-0.3, -0.25) is 34.1 Å². The number of fused-ring (bicyclic) bond motifs is 1. The Kier molecular flexibility index (Phi) is 5.60. The van der Waals surface area contributed by atoms with Gasteiger partial charge in [0.2, 0.25) is 5.95 Å². The van der Waals surface area contributed by atoms with Gasteiger partial charge in [0.25, 0.3) is 11.1 Å². The van der Waals surface area contributed by atoms with Gasteiger partial charge in [-0.15, -0.1) is 0 Å². The van der Waals surface area contributed by atoms with Crippen LogP contribution in [-0.4, -0.2) is 62.6 Å². The van der Waals surface area contributed by atoms with E-state index in [2.05, 4.69) is 15.1 Å². The van der Waals surface area contributed by atoms with Crippen molar-refractivity contribution in [2.24, 2.45) is 0 Å². The molecule has 162 valence electrons. The first-order valence-corrected chi connectivity index (χ1v) is 8.71. The second-order valence-corrected chi connectivity index (χ2v) is 6.48. The average molecular weight is 425 g/mol. The van der Waals surface area contributed by atoms with Crippen molar-refractivity contribution in [1.29, 1.82) is 0 Å². The molecule has 0 unspecified atom stereocenters. The first-order chi connectivity index (χ1) is 14.1. The molecule has 3 rings (SSSR count). The van der Waals surface area contributed by atoms with Crippen LogP contribution in [0.25, 0.3) is 11.0 Å². The van der Waals surface area contributed by atoms with Crippen LogP contribution in [0.4, 0.5) is 5.95 Å². The number of carbonyl (C=O) groups excluding carboxylic acids is 3. The van der Waals surface area contributed by atoms with Crippen LogP contribution in [0.5, 0.6) is 0 Å². The maximum absolute atomic E-state index is 12.3. The molecule has 0 spiro atoms. The summed E-state index contributed by atoms with van der Waals surface area (Å²) in [5, 5.41) is 2.05. The van der Waals surface area contributed by atoms with Crippen LogP contribution < -0.4 is 16.9 Å². The number of H-pyrrole nitrogens is 2. The van der Waals surface area contributed by atoms with E-state index in [1.165, 1.54) is 6.92 Å². The Morgan fingerprint density at radius 2 is 1.70 bits per heavy atom. The highest BCUT2D eigenvalue weighted by atomic mass is 16.7. The number of carbonyl (C=O) groups is 3. The van der Waals surface area contributed by atoms with Gasteiger partial charge in [-0.05, 0) is 0 Å². The Labute approximate surface area is 167 Å². The number of nitrogens with one attached hydrogen (secondary N) is 2. The Hall–Kier alpha value is -3.68. The van der Waals surface area contributed by atoms with Gasteiger partial charge in [-0.25, -0.2) is 4.68 Å². The molecular weight excluding hydrogens is 406 g/mol. The Morgan fingerprint density at radius 1 is 1.07 bits per heavy atom. The van der Waals surface area contributed by atoms with Crippen LogP contribution in [0.2, 0.25) is 0 Å². The molecule has 1 aliphatic rings. The quantitative estimate of drug-likeness (QED) is 0.365. The minimum Gasteiger partial charge on any atom is -0.463 e. The lowest BCUT2D eigenvalue weighted by molar-refractivity contribution is -0.166. The van der Waals surface area contributed by atoms with Crippen molar-refractivity contribution in [1.82, 2.24) is 19.7 Å². The summed E-state index contributed by atoms with van der Waals surface area (Å²) in [5.74, 6) is -2.33. The summed E-state index contributed by atoms with van der Waals surface area (Å²) in [6, 6.07) is 0. The van der Waals surface area contributed by atoms with Gasteiger partial charge in [-0.1, -0.05) is 0 Å². The number of nitrogen functional groups attached to an aromatic ring is 1. The fourth-order valence-corrected chi connectivity index (χ4v) is 3.16. The topological polar surface area (TPSA) is 198 Å². The lowest BCUT2D eigenvalue weighted by Gasteiger charge is -2.23. The Bertz CT molecular complexity index is 1120. The van der Waals surface area contributed by atoms with E-state index in [1.54, 1.807) is 0 Å². The highest BCUT2D eigenvalue weighted by Gasteiger charge is 2.51. The Morgan fingerprint density at radius 3 is 2.30 bits per heavy atom. The van der Waals surface area contributed by atoms with Crippen molar-refractivity contribution in [2.45, 2.75) is 45.3 Å². The molecule has 14 nitrogen and oxygen atoms in total. The molecule has 4 N–H and O–H groups in total. The summed E-state index contributed by atoms with van der Waals surface area (Å²) >= 11 is 0. The lowest BCUT2D eigenvalue weighted by Crippen LogP contribution is -2.40. The average Bonchev–Trinajstić information content (AvgIpc) is 3.10. The van der Waals surface area contributed by atoms with E-state index in [1.807, 2.05) is 0 Å². The second-order valence-electron chi connectivity index (χ2n) is 6.48. The SMILES string of the molecule is CC(=O)OC[C@H]1O[C@@H](n2[nH]c(=O)c3c(=O)[nH]c(N)nc32)[C@H](OC(C)=O)[C@@H]1OC(C)=O. The van der Waals surface area contributed by atoms with Crippen molar-refractivity contribution in [3.63, 3.8) is 0 Å². The molecule has 1 aliphatic heterocycles. The third-order valence-corrected chi connectivity index (χ3v) is 4.19. The predicted molar refractivity (Wildman–Crippen MR) is 97.0 cm³/mol. The van der Waals surface area contributed by atoms with Crippen LogP contribution in [0.1, 0.15) is 27.0 Å². The highest BCUT2D eigenvalue weighted by molar-refractivity contribution is 5.74. The van der Waals surface area contributed by atoms with Crippen LogP contribution in [-0.2, 0) is 33.3 Å². The van der Waals surface area contributed by atoms with Crippen molar-refractivity contribution >= 4 is 34.9 Å². The summed E-state index contributed by atoms with van der Waals surface area (Å²) in [5.41, 5.74) is 3.82. The fourth-order valence-electron chi connectivity index (χ4n) is 3.16. The minimum atomic E-state index is -1.28. The molecule has 0 aromatic carbocycles. The van der Waals surface area contributed by atoms with Crippen LogP contribution in [0.3, 0.4) is 0 Å². The summed E-state index contributed by atoms with van der Waals surface area (Å²) in [6.07, 6.45) is -4.78. The molecule has 0 amide bonds. The molecule has 1 fully saturated rings. The molecule has 2 aromatic rings. The van der Waals surface area contributed by atoms with Crippen LogP contribution in [0.15, 0.2) is 9.59 Å². The number of aromatic nitrogens is 4. The zero-order chi connectivity index (χ0) is 22.2. The number of aromatic amines is 2. The molecule has 0 saturated carbocycles. The summed E-state index contributed by atoms with van der Waals surface area (Å²) in [7, 11) is 0. The monoisotopic (exact) mass is 425 g/mol. The highest BCUT2D eigenvalue weighted by Crippen LogP contribution is 2.34. The number of anilines is 1. The number of hydrogen-bond donors (Lipinski definition) is 3. The van der Waals surface area contributed by atoms with Gasteiger partial charge in [-0.2, -0.15) is 4.98 Å². The number of ether oxygens (including phenoxy) is 4. The minimum absolute atomic E-state index is 0.168. The maximum atomic E-state index is 12.3. The Balaban J connectivity index is 2.11. The normalized spacial score (nSPS) is 23.3. The predicted octanol–water partition coefficient (Wildman–Crippen LogP) is -1.68. The van der Waals surface area contributed by atoms with E-state index in [4.69, 9.17) is 24.7 Å². The van der Waals surface area contributed by atoms with Gasteiger partial charge in [0.05, 0.1) is 0 Å². The molecule has 2 aromatic heterocycles. The van der Waals surface area contributed by atoms with Crippen molar-refractivity contribution < 1.29 is 33.3 Å². The fraction of sp³-hybridized carbons (Fsp3) is 0.500. The van der Waals surface area contributed by atoms with Crippen LogP contribution in [0, 0.1) is 0 Å². The van der Waals surface area contributed by atoms with E-state index in [9.17, 15) is 24.0 Å². The van der Waals surface area contributed by atoms with E-state index >= 15 is 0 Å². The zero-order valence-electron chi connectivity index (χ0n) is 16.2. The molecule has 0 radical (unpaired) electrons. The zero-order valence-corrected chi connectivity index (χ0v) is 16.2. The smallest absolute Gasteiger partial charge is 0.303 e. The van der Waals surface area contributed by atoms with Crippen molar-refractivity contribution in [3.05, 3.63) is 20.7 Å². The van der Waals surface area contributed by atoms with E-state index in [-0.39, 0.29) is 23.6 Å². The lowest BCUT2D eigenvalue weighted by atomic mass is 10.1. The second kappa shape index (κ2) is 7.98. The number of hydrogen-bond acceptors (Lipinski definition) is 11. The largest absolute Gasteiger partial charge is 0.463 e. The first kappa shape index (κ1) is 21.0. The molecule has 4 atom stereocenters. The van der Waals surface area contributed by atoms with Gasteiger partial charge >= 0.3 is 17.9 Å². The molecule has 1 saturated heterocycles. The maximum Gasteiger partial charge on any atom is 0.303 e. The number of esters is 3. The number of rotatable bonds is 5. The van der Waals surface area contributed by atoms with Gasteiger partial charge in [0.1, 0.15) is 12.7 Å². The standard InChI is InChI=1S/C16H19N5O9/c1-5(22)27-4-8-10(28-6(2)23)11(29-7(3)24)15(30-8)21-12-9(14(26)20-21)13(25)19-16(17)18-12/h8,10-11,15H,4H2,1-3H3,(H,20,26)(H3,17,18,19,25)/t8-,10-,11-,15-/m1/s1. The number of nitrogens with two attached hydrogens (primary N) is 1. The summed E-state index contributed by atoms with van der Waals surface area (Å²) in [6.45, 7) is 3.10. The first-order valence-electron chi connectivity index (χ1n) is 8.71. The van der Waals surface area contributed by atoms with Crippen LogP contribution >= 0.6 is 0 Å². The van der Waals surface area contributed by atoms with Gasteiger partial charge < -0.3 is 24.7 Å². The van der Waals surface area contributed by atoms with Crippen molar-refractivity contribution in [3.8, 4) is 0 Å². The van der Waals surface area contributed by atoms with E-state index < -0.39 is 53.6 Å². The molecule has 0 bridgehead atoms. The third kappa shape index (κ3) is 4.03. The molecule has 0 aliphatic carbocycles. The van der Waals surface area contributed by atoms with E-state index in [0.717, 1.165) is 18.5 Å².